The highest BCUT2D eigenvalue weighted by Crippen LogP contribution is 2.04. The summed E-state index contributed by atoms with van der Waals surface area (Å²) in [6.45, 7) is 0.979. The summed E-state index contributed by atoms with van der Waals surface area (Å²) in [6.07, 6.45) is 2.09. The van der Waals surface area contributed by atoms with E-state index in [0.29, 0.717) is 19.5 Å². The van der Waals surface area contributed by atoms with Crippen LogP contribution in [0.15, 0.2) is 48.7 Å². The Morgan fingerprint density at radius 1 is 1.11 bits per heavy atom. The Morgan fingerprint density at radius 3 is 2.47 bits per heavy atom. The van der Waals surface area contributed by atoms with E-state index >= 15 is 0 Å². The Hall–Kier alpha value is -2.20. The van der Waals surface area contributed by atoms with Crippen LogP contribution in [0.4, 0.5) is 0 Å². The molecule has 0 saturated heterocycles. The van der Waals surface area contributed by atoms with Gasteiger partial charge in [-0.25, -0.2) is 0 Å². The van der Waals surface area contributed by atoms with E-state index in [1.54, 1.807) is 6.20 Å². The van der Waals surface area contributed by atoms with Crippen molar-refractivity contribution < 1.29 is 4.79 Å². The molecule has 0 saturated carbocycles. The van der Waals surface area contributed by atoms with Crippen LogP contribution in [0.1, 0.15) is 16.8 Å². The first-order valence-corrected chi connectivity index (χ1v) is 6.22. The van der Waals surface area contributed by atoms with Crippen LogP contribution >= 0.6 is 0 Å². The van der Waals surface area contributed by atoms with Gasteiger partial charge in [-0.05, 0) is 23.3 Å². The van der Waals surface area contributed by atoms with Crippen molar-refractivity contribution in [2.75, 3.05) is 0 Å². The van der Waals surface area contributed by atoms with E-state index in [9.17, 15) is 4.79 Å². The van der Waals surface area contributed by atoms with E-state index in [0.717, 1.165) is 16.8 Å². The molecule has 2 rings (SSSR count). The SMILES string of the molecule is NCc1ccc(CC(=O)NCc2ccccn2)cc1. The average Bonchev–Trinajstić information content (AvgIpc) is 2.47. The molecule has 1 heterocycles. The van der Waals surface area contributed by atoms with Crippen LogP contribution in [0.25, 0.3) is 0 Å². The maximum atomic E-state index is 11.8. The van der Waals surface area contributed by atoms with Crippen molar-refractivity contribution in [3.05, 3.63) is 65.5 Å². The number of hydrogen-bond donors (Lipinski definition) is 2. The number of benzene rings is 1. The standard InChI is InChI=1S/C15H17N3O/c16-10-13-6-4-12(5-7-13)9-15(19)18-11-14-3-1-2-8-17-14/h1-8H,9-11,16H2,(H,18,19). The molecule has 0 unspecified atom stereocenters. The smallest absolute Gasteiger partial charge is 0.224 e. The van der Waals surface area contributed by atoms with Crippen molar-refractivity contribution >= 4 is 5.91 Å². The van der Waals surface area contributed by atoms with E-state index in [1.807, 2.05) is 42.5 Å². The van der Waals surface area contributed by atoms with Crippen LogP contribution < -0.4 is 11.1 Å². The van der Waals surface area contributed by atoms with Gasteiger partial charge in [-0.3, -0.25) is 9.78 Å². The molecule has 4 nitrogen and oxygen atoms in total. The predicted molar refractivity (Wildman–Crippen MR) is 74.1 cm³/mol. The van der Waals surface area contributed by atoms with Gasteiger partial charge in [0.05, 0.1) is 18.7 Å². The summed E-state index contributed by atoms with van der Waals surface area (Å²) in [5.41, 5.74) is 8.43. The highest BCUT2D eigenvalue weighted by Gasteiger charge is 2.03. The van der Waals surface area contributed by atoms with Gasteiger partial charge in [-0.2, -0.15) is 0 Å². The van der Waals surface area contributed by atoms with Gasteiger partial charge >= 0.3 is 0 Å². The fourth-order valence-corrected chi connectivity index (χ4v) is 1.73. The Bertz CT molecular complexity index is 523. The number of nitrogens with zero attached hydrogens (tertiary/aromatic N) is 1. The molecule has 0 spiro atoms. The zero-order chi connectivity index (χ0) is 13.5. The molecule has 0 aliphatic heterocycles. The quantitative estimate of drug-likeness (QED) is 0.848. The van der Waals surface area contributed by atoms with Crippen molar-refractivity contribution in [2.45, 2.75) is 19.5 Å². The van der Waals surface area contributed by atoms with Gasteiger partial charge in [0.15, 0.2) is 0 Å². The molecule has 0 radical (unpaired) electrons. The maximum Gasteiger partial charge on any atom is 0.224 e. The lowest BCUT2D eigenvalue weighted by Gasteiger charge is -2.05. The first-order chi connectivity index (χ1) is 9.28. The summed E-state index contributed by atoms with van der Waals surface area (Å²) in [5, 5.41) is 2.85. The van der Waals surface area contributed by atoms with Crippen molar-refractivity contribution in [3.63, 3.8) is 0 Å². The van der Waals surface area contributed by atoms with Crippen LogP contribution in [0, 0.1) is 0 Å². The van der Waals surface area contributed by atoms with Gasteiger partial charge < -0.3 is 11.1 Å². The molecular weight excluding hydrogens is 238 g/mol. The van der Waals surface area contributed by atoms with Gasteiger partial charge in [-0.15, -0.1) is 0 Å². The lowest BCUT2D eigenvalue weighted by molar-refractivity contribution is -0.120. The van der Waals surface area contributed by atoms with Gasteiger partial charge in [0.25, 0.3) is 0 Å². The first kappa shape index (κ1) is 13.2. The Morgan fingerprint density at radius 2 is 1.84 bits per heavy atom. The van der Waals surface area contributed by atoms with Gasteiger partial charge in [0.2, 0.25) is 5.91 Å². The molecule has 0 fully saturated rings. The molecule has 19 heavy (non-hydrogen) atoms. The number of rotatable bonds is 5. The van der Waals surface area contributed by atoms with Crippen molar-refractivity contribution in [1.82, 2.24) is 10.3 Å². The third-order valence-corrected chi connectivity index (χ3v) is 2.82. The second-order valence-corrected chi connectivity index (χ2v) is 4.30. The molecule has 0 atom stereocenters. The lowest BCUT2D eigenvalue weighted by Crippen LogP contribution is -2.24. The van der Waals surface area contributed by atoms with E-state index < -0.39 is 0 Å². The number of hydrogen-bond acceptors (Lipinski definition) is 3. The van der Waals surface area contributed by atoms with E-state index in [1.165, 1.54) is 0 Å². The van der Waals surface area contributed by atoms with Crippen molar-refractivity contribution in [1.29, 1.82) is 0 Å². The molecule has 0 bridgehead atoms. The second kappa shape index (κ2) is 6.66. The zero-order valence-corrected chi connectivity index (χ0v) is 10.7. The van der Waals surface area contributed by atoms with Crippen LogP contribution in [0.3, 0.4) is 0 Å². The Balaban J connectivity index is 1.83. The highest BCUT2D eigenvalue weighted by atomic mass is 16.1. The third kappa shape index (κ3) is 4.19. The number of aromatic nitrogens is 1. The summed E-state index contributed by atoms with van der Waals surface area (Å²) < 4.78 is 0. The molecule has 1 aromatic heterocycles. The fraction of sp³-hybridized carbons (Fsp3) is 0.200. The average molecular weight is 255 g/mol. The zero-order valence-electron chi connectivity index (χ0n) is 10.7. The minimum absolute atomic E-state index is 0.00819. The summed E-state index contributed by atoms with van der Waals surface area (Å²) >= 11 is 0. The van der Waals surface area contributed by atoms with E-state index in [-0.39, 0.29) is 5.91 Å². The van der Waals surface area contributed by atoms with Crippen molar-refractivity contribution in [3.8, 4) is 0 Å². The number of carbonyl (C=O) groups is 1. The molecular formula is C15H17N3O. The molecule has 4 heteroatoms. The van der Waals surface area contributed by atoms with Crippen LogP contribution in [-0.2, 0) is 24.3 Å². The first-order valence-electron chi connectivity index (χ1n) is 6.22. The van der Waals surface area contributed by atoms with Gasteiger partial charge in [-0.1, -0.05) is 30.3 Å². The molecule has 3 N–H and O–H groups in total. The third-order valence-electron chi connectivity index (χ3n) is 2.82. The lowest BCUT2D eigenvalue weighted by atomic mass is 10.1. The molecule has 0 aliphatic carbocycles. The number of pyridine rings is 1. The number of carbonyl (C=O) groups excluding carboxylic acids is 1. The minimum atomic E-state index is -0.00819. The summed E-state index contributed by atoms with van der Waals surface area (Å²) in [4.78, 5) is 15.9. The topological polar surface area (TPSA) is 68.0 Å². The summed E-state index contributed by atoms with van der Waals surface area (Å²) in [6, 6.07) is 13.4. The number of amides is 1. The van der Waals surface area contributed by atoms with Crippen molar-refractivity contribution in [2.24, 2.45) is 5.73 Å². The van der Waals surface area contributed by atoms with Crippen LogP contribution in [0.2, 0.25) is 0 Å². The summed E-state index contributed by atoms with van der Waals surface area (Å²) in [5.74, 6) is -0.00819. The molecule has 98 valence electrons. The molecule has 1 amide bonds. The van der Waals surface area contributed by atoms with Gasteiger partial charge in [0, 0.05) is 12.7 Å². The van der Waals surface area contributed by atoms with E-state index in [4.69, 9.17) is 5.73 Å². The predicted octanol–water partition coefficient (Wildman–Crippen LogP) is 1.40. The monoisotopic (exact) mass is 255 g/mol. The minimum Gasteiger partial charge on any atom is -0.350 e. The van der Waals surface area contributed by atoms with Crippen LogP contribution in [-0.4, -0.2) is 10.9 Å². The largest absolute Gasteiger partial charge is 0.350 e. The summed E-state index contributed by atoms with van der Waals surface area (Å²) in [7, 11) is 0. The van der Waals surface area contributed by atoms with Gasteiger partial charge in [0.1, 0.15) is 0 Å². The molecule has 2 aromatic rings. The number of nitrogens with one attached hydrogen (secondary N) is 1. The highest BCUT2D eigenvalue weighted by molar-refractivity contribution is 5.78. The Labute approximate surface area is 112 Å². The van der Waals surface area contributed by atoms with E-state index in [2.05, 4.69) is 10.3 Å². The maximum absolute atomic E-state index is 11.8. The second-order valence-electron chi connectivity index (χ2n) is 4.30. The number of nitrogens with two attached hydrogens (primary N) is 1. The molecule has 1 aromatic carbocycles. The molecule has 0 aliphatic rings. The fourth-order valence-electron chi connectivity index (χ4n) is 1.73. The normalized spacial score (nSPS) is 10.2. The van der Waals surface area contributed by atoms with Crippen LogP contribution in [0.5, 0.6) is 0 Å². The Kier molecular flexibility index (Phi) is 4.64.